The lowest BCUT2D eigenvalue weighted by atomic mass is 10.1. The number of imidazole rings is 1. The molecule has 1 N–H and O–H groups in total. The Morgan fingerprint density at radius 3 is 2.68 bits per heavy atom. The third-order valence-electron chi connectivity index (χ3n) is 3.11. The van der Waals surface area contributed by atoms with E-state index in [0.29, 0.717) is 5.56 Å². The fraction of sp³-hybridized carbons (Fsp3) is 0.333. The van der Waals surface area contributed by atoms with Gasteiger partial charge in [0.2, 0.25) is 0 Å². The molecule has 4 nitrogen and oxygen atoms in total. The molecule has 0 aliphatic carbocycles. The summed E-state index contributed by atoms with van der Waals surface area (Å²) in [4.78, 5) is 15.2. The van der Waals surface area contributed by atoms with Crippen molar-refractivity contribution in [2.45, 2.75) is 32.7 Å². The fourth-order valence-corrected chi connectivity index (χ4v) is 2.00. The molecule has 1 aromatic heterocycles. The molecule has 0 spiro atoms. The van der Waals surface area contributed by atoms with Crippen LogP contribution in [0.5, 0.6) is 0 Å². The Balaban J connectivity index is 2.08. The smallest absolute Gasteiger partial charge is 0.335 e. The second-order valence-electron chi connectivity index (χ2n) is 4.58. The second-order valence-corrected chi connectivity index (χ2v) is 4.58. The molecule has 0 atom stereocenters. The summed E-state index contributed by atoms with van der Waals surface area (Å²) >= 11 is 0. The van der Waals surface area contributed by atoms with Gasteiger partial charge in [-0.15, -0.1) is 0 Å². The van der Waals surface area contributed by atoms with Gasteiger partial charge in [-0.3, -0.25) is 0 Å². The fourth-order valence-electron chi connectivity index (χ4n) is 2.00. The molecule has 0 bridgehead atoms. The maximum absolute atomic E-state index is 10.8. The first-order valence-electron chi connectivity index (χ1n) is 6.53. The average molecular weight is 258 g/mol. The Morgan fingerprint density at radius 1 is 1.32 bits per heavy atom. The monoisotopic (exact) mass is 258 g/mol. The topological polar surface area (TPSA) is 55.1 Å². The van der Waals surface area contributed by atoms with Gasteiger partial charge in [-0.25, -0.2) is 9.78 Å². The first-order valence-corrected chi connectivity index (χ1v) is 6.53. The van der Waals surface area contributed by atoms with Crippen LogP contribution in [0.25, 0.3) is 0 Å². The van der Waals surface area contributed by atoms with Crippen LogP contribution in [0.3, 0.4) is 0 Å². The highest BCUT2D eigenvalue weighted by Gasteiger charge is 2.05. The van der Waals surface area contributed by atoms with E-state index in [9.17, 15) is 4.79 Å². The van der Waals surface area contributed by atoms with Gasteiger partial charge in [-0.2, -0.15) is 0 Å². The van der Waals surface area contributed by atoms with E-state index in [1.54, 1.807) is 12.1 Å². The minimum absolute atomic E-state index is 0.320. The number of benzene rings is 1. The normalized spacial score (nSPS) is 10.6. The first-order chi connectivity index (χ1) is 9.20. The van der Waals surface area contributed by atoms with Gasteiger partial charge in [-0.1, -0.05) is 25.5 Å². The highest BCUT2D eigenvalue weighted by Crippen LogP contribution is 2.10. The quantitative estimate of drug-likeness (QED) is 0.866. The number of aryl methyl sites for hydroxylation is 1. The lowest BCUT2D eigenvalue weighted by molar-refractivity contribution is 0.0697. The minimum Gasteiger partial charge on any atom is -0.478 e. The molecular formula is C15H18N2O2. The van der Waals surface area contributed by atoms with Crippen LogP contribution in [0.15, 0.2) is 36.7 Å². The Hall–Kier alpha value is -2.10. The number of nitrogens with zero attached hydrogens (tertiary/aromatic N) is 2. The summed E-state index contributed by atoms with van der Waals surface area (Å²) in [6.07, 6.45) is 7.05. The number of carbonyl (C=O) groups is 1. The van der Waals surface area contributed by atoms with E-state index in [-0.39, 0.29) is 0 Å². The number of unbranched alkanes of at least 4 members (excludes halogenated alkanes) is 1. The molecule has 2 rings (SSSR count). The van der Waals surface area contributed by atoms with Gasteiger partial charge in [0.15, 0.2) is 0 Å². The van der Waals surface area contributed by atoms with Crippen molar-refractivity contribution in [3.8, 4) is 0 Å². The van der Waals surface area contributed by atoms with Crippen molar-refractivity contribution in [3.63, 3.8) is 0 Å². The Labute approximate surface area is 112 Å². The predicted molar refractivity (Wildman–Crippen MR) is 73.3 cm³/mol. The first kappa shape index (κ1) is 13.3. The summed E-state index contributed by atoms with van der Waals surface area (Å²) in [5.41, 5.74) is 1.40. The molecule has 1 heterocycles. The zero-order valence-corrected chi connectivity index (χ0v) is 11.0. The highest BCUT2D eigenvalue weighted by molar-refractivity contribution is 5.87. The molecule has 100 valence electrons. The highest BCUT2D eigenvalue weighted by atomic mass is 16.4. The molecule has 0 radical (unpaired) electrons. The molecule has 0 saturated heterocycles. The third kappa shape index (κ3) is 3.44. The lowest BCUT2D eigenvalue weighted by Gasteiger charge is -2.08. The van der Waals surface area contributed by atoms with E-state index in [1.807, 2.05) is 24.5 Å². The molecule has 19 heavy (non-hydrogen) atoms. The number of carboxylic acids is 1. The maximum Gasteiger partial charge on any atom is 0.335 e. The van der Waals surface area contributed by atoms with Crippen LogP contribution in [0.4, 0.5) is 0 Å². The molecule has 2 aromatic rings. The Kier molecular flexibility index (Phi) is 4.34. The van der Waals surface area contributed by atoms with Gasteiger partial charge in [0.05, 0.1) is 5.56 Å². The largest absolute Gasteiger partial charge is 0.478 e. The SMILES string of the molecule is CCCCc1nccn1Cc1ccc(C(=O)O)cc1. The van der Waals surface area contributed by atoms with E-state index >= 15 is 0 Å². The summed E-state index contributed by atoms with van der Waals surface area (Å²) in [6, 6.07) is 6.99. The third-order valence-corrected chi connectivity index (χ3v) is 3.11. The standard InChI is InChI=1S/C15H18N2O2/c1-2-3-4-14-16-9-10-17(14)11-12-5-7-13(8-6-12)15(18)19/h5-10H,2-4,11H2,1H3,(H,18,19). The number of hydrogen-bond acceptors (Lipinski definition) is 2. The molecule has 0 fully saturated rings. The zero-order valence-electron chi connectivity index (χ0n) is 11.0. The van der Waals surface area contributed by atoms with E-state index in [1.165, 1.54) is 0 Å². The van der Waals surface area contributed by atoms with E-state index in [0.717, 1.165) is 37.2 Å². The van der Waals surface area contributed by atoms with Crippen LogP contribution in [-0.2, 0) is 13.0 Å². The van der Waals surface area contributed by atoms with E-state index < -0.39 is 5.97 Å². The number of hydrogen-bond donors (Lipinski definition) is 1. The zero-order chi connectivity index (χ0) is 13.7. The van der Waals surface area contributed by atoms with Crippen LogP contribution in [0.2, 0.25) is 0 Å². The minimum atomic E-state index is -0.891. The molecule has 4 heteroatoms. The summed E-state index contributed by atoms with van der Waals surface area (Å²) in [5.74, 6) is 0.196. The number of rotatable bonds is 6. The summed E-state index contributed by atoms with van der Waals surface area (Å²) in [7, 11) is 0. The van der Waals surface area contributed by atoms with E-state index in [4.69, 9.17) is 5.11 Å². The Bertz CT molecular complexity index is 544. The molecule has 0 aliphatic heterocycles. The van der Waals surface area contributed by atoms with Crippen molar-refractivity contribution in [2.75, 3.05) is 0 Å². The van der Waals surface area contributed by atoms with Crippen molar-refractivity contribution in [3.05, 3.63) is 53.6 Å². The predicted octanol–water partition coefficient (Wildman–Crippen LogP) is 2.97. The molecule has 0 saturated carbocycles. The van der Waals surface area contributed by atoms with Gasteiger partial charge >= 0.3 is 5.97 Å². The van der Waals surface area contributed by atoms with Gasteiger partial charge in [0.1, 0.15) is 5.82 Å². The van der Waals surface area contributed by atoms with Gasteiger partial charge in [0, 0.05) is 25.4 Å². The van der Waals surface area contributed by atoms with Crippen LogP contribution in [-0.4, -0.2) is 20.6 Å². The lowest BCUT2D eigenvalue weighted by Crippen LogP contribution is -2.05. The van der Waals surface area contributed by atoms with Crippen LogP contribution < -0.4 is 0 Å². The van der Waals surface area contributed by atoms with Gasteiger partial charge in [0.25, 0.3) is 0 Å². The van der Waals surface area contributed by atoms with Crippen LogP contribution in [0, 0.1) is 0 Å². The molecular weight excluding hydrogens is 240 g/mol. The summed E-state index contributed by atoms with van der Waals surface area (Å²) < 4.78 is 2.12. The van der Waals surface area contributed by atoms with Crippen molar-refractivity contribution < 1.29 is 9.90 Å². The second kappa shape index (κ2) is 6.18. The van der Waals surface area contributed by atoms with Crippen LogP contribution >= 0.6 is 0 Å². The van der Waals surface area contributed by atoms with E-state index in [2.05, 4.69) is 16.5 Å². The maximum atomic E-state index is 10.8. The molecule has 0 unspecified atom stereocenters. The molecule has 0 amide bonds. The van der Waals surface area contributed by atoms with Gasteiger partial charge in [-0.05, 0) is 24.1 Å². The Morgan fingerprint density at radius 2 is 2.05 bits per heavy atom. The molecule has 0 aliphatic rings. The molecule has 1 aromatic carbocycles. The summed E-state index contributed by atoms with van der Waals surface area (Å²) in [5, 5.41) is 8.86. The summed E-state index contributed by atoms with van der Waals surface area (Å²) in [6.45, 7) is 2.90. The number of aromatic carboxylic acids is 1. The van der Waals surface area contributed by atoms with Crippen molar-refractivity contribution >= 4 is 5.97 Å². The van der Waals surface area contributed by atoms with Crippen molar-refractivity contribution in [2.24, 2.45) is 0 Å². The van der Waals surface area contributed by atoms with Crippen LogP contribution in [0.1, 0.15) is 41.5 Å². The average Bonchev–Trinajstić information content (AvgIpc) is 2.84. The van der Waals surface area contributed by atoms with Crippen molar-refractivity contribution in [1.29, 1.82) is 0 Å². The van der Waals surface area contributed by atoms with Crippen molar-refractivity contribution in [1.82, 2.24) is 9.55 Å². The number of aromatic nitrogens is 2. The van der Waals surface area contributed by atoms with Gasteiger partial charge < -0.3 is 9.67 Å². The number of carboxylic acid groups (broad SMARTS) is 1.